The minimum absolute atomic E-state index is 0.382. The molecule has 2 rings (SSSR count). The second-order valence-corrected chi connectivity index (χ2v) is 3.97. The van der Waals surface area contributed by atoms with E-state index >= 15 is 0 Å². The number of piperidine rings is 1. The van der Waals surface area contributed by atoms with Crippen LogP contribution in [0.3, 0.4) is 0 Å². The van der Waals surface area contributed by atoms with E-state index in [0.29, 0.717) is 11.8 Å². The monoisotopic (exact) mass is 197 g/mol. The Morgan fingerprint density at radius 3 is 2.86 bits per heavy atom. The molecule has 0 bridgehead atoms. The number of hydrogen-bond acceptors (Lipinski definition) is 4. The third kappa shape index (κ3) is 2.23. The Morgan fingerprint density at radius 2 is 2.29 bits per heavy atom. The molecule has 0 radical (unpaired) electrons. The molecular formula is C9H15N3O2. The Bertz CT molecular complexity index is 336. The Morgan fingerprint density at radius 1 is 1.57 bits per heavy atom. The number of H-pyrrole nitrogens is 1. The first-order valence-electron chi connectivity index (χ1n) is 4.97. The molecule has 0 aliphatic carbocycles. The van der Waals surface area contributed by atoms with Crippen LogP contribution in [0.2, 0.25) is 0 Å². The van der Waals surface area contributed by atoms with Gasteiger partial charge in [-0.1, -0.05) is 0 Å². The van der Waals surface area contributed by atoms with Crippen LogP contribution in [-0.4, -0.2) is 35.2 Å². The summed E-state index contributed by atoms with van der Waals surface area (Å²) in [5.74, 6) is 1.15. The highest BCUT2D eigenvalue weighted by molar-refractivity contribution is 4.82. The van der Waals surface area contributed by atoms with Crippen molar-refractivity contribution in [3.63, 3.8) is 0 Å². The summed E-state index contributed by atoms with van der Waals surface area (Å²) >= 11 is 0. The van der Waals surface area contributed by atoms with E-state index in [1.54, 1.807) is 0 Å². The zero-order chi connectivity index (χ0) is 9.97. The summed E-state index contributed by atoms with van der Waals surface area (Å²) in [6.45, 7) is 2.25. The first kappa shape index (κ1) is 9.45. The minimum atomic E-state index is -0.382. The lowest BCUT2D eigenvalue weighted by atomic mass is 9.94. The third-order valence-electron chi connectivity index (χ3n) is 2.78. The van der Waals surface area contributed by atoms with Gasteiger partial charge >= 0.3 is 5.69 Å². The second kappa shape index (κ2) is 3.96. The zero-order valence-corrected chi connectivity index (χ0v) is 8.32. The van der Waals surface area contributed by atoms with Gasteiger partial charge in [-0.3, -0.25) is 0 Å². The van der Waals surface area contributed by atoms with Gasteiger partial charge in [-0.2, -0.15) is 10.1 Å². The molecule has 0 atom stereocenters. The molecule has 78 valence electrons. The molecule has 0 amide bonds. The van der Waals surface area contributed by atoms with Gasteiger partial charge in [-0.05, 0) is 38.9 Å². The number of aromatic amines is 1. The van der Waals surface area contributed by atoms with Crippen molar-refractivity contribution < 1.29 is 4.52 Å². The third-order valence-corrected chi connectivity index (χ3v) is 2.78. The van der Waals surface area contributed by atoms with Crippen LogP contribution in [-0.2, 0) is 6.42 Å². The minimum Gasteiger partial charge on any atom is -0.362 e. The van der Waals surface area contributed by atoms with Gasteiger partial charge in [0.2, 0.25) is 5.89 Å². The van der Waals surface area contributed by atoms with Gasteiger partial charge in [0.1, 0.15) is 0 Å². The lowest BCUT2D eigenvalue weighted by Crippen LogP contribution is -2.31. The van der Waals surface area contributed by atoms with Gasteiger partial charge in [0.15, 0.2) is 0 Å². The summed E-state index contributed by atoms with van der Waals surface area (Å²) in [6.07, 6.45) is 3.10. The van der Waals surface area contributed by atoms with Gasteiger partial charge in [0.05, 0.1) is 0 Å². The number of nitrogens with one attached hydrogen (secondary N) is 1. The fraction of sp³-hybridized carbons (Fsp3) is 0.778. The molecule has 5 heteroatoms. The lowest BCUT2D eigenvalue weighted by Gasteiger charge is -2.27. The topological polar surface area (TPSA) is 62.1 Å². The van der Waals surface area contributed by atoms with E-state index in [4.69, 9.17) is 4.52 Å². The molecule has 1 aromatic heterocycles. The molecule has 0 aromatic carbocycles. The van der Waals surface area contributed by atoms with Crippen LogP contribution in [0.25, 0.3) is 0 Å². The first-order valence-corrected chi connectivity index (χ1v) is 4.97. The van der Waals surface area contributed by atoms with Gasteiger partial charge in [0, 0.05) is 6.42 Å². The highest BCUT2D eigenvalue weighted by Gasteiger charge is 2.19. The van der Waals surface area contributed by atoms with Crippen molar-refractivity contribution in [2.75, 3.05) is 20.1 Å². The molecule has 1 aromatic rings. The van der Waals surface area contributed by atoms with Crippen molar-refractivity contribution >= 4 is 0 Å². The Hall–Kier alpha value is -1.10. The first-order chi connectivity index (χ1) is 6.74. The van der Waals surface area contributed by atoms with Gasteiger partial charge in [-0.15, -0.1) is 0 Å². The largest absolute Gasteiger partial charge is 0.377 e. The number of aromatic nitrogens is 2. The van der Waals surface area contributed by atoms with E-state index in [-0.39, 0.29) is 5.69 Å². The number of likely N-dealkylation sites (tertiary alicyclic amines) is 1. The summed E-state index contributed by atoms with van der Waals surface area (Å²) in [7, 11) is 2.13. The maximum atomic E-state index is 10.7. The summed E-state index contributed by atoms with van der Waals surface area (Å²) in [5, 5.41) is 2.21. The van der Waals surface area contributed by atoms with Crippen LogP contribution in [0, 0.1) is 5.92 Å². The van der Waals surface area contributed by atoms with Crippen LogP contribution >= 0.6 is 0 Å². The van der Waals surface area contributed by atoms with Gasteiger partial charge in [0.25, 0.3) is 0 Å². The number of nitrogens with zero attached hydrogens (tertiary/aromatic N) is 2. The zero-order valence-electron chi connectivity index (χ0n) is 8.32. The molecule has 14 heavy (non-hydrogen) atoms. The summed E-state index contributed by atoms with van der Waals surface area (Å²) in [5.41, 5.74) is -0.382. The molecule has 1 N–H and O–H groups in total. The summed E-state index contributed by atoms with van der Waals surface area (Å²) < 4.78 is 4.93. The number of hydrogen-bond donors (Lipinski definition) is 1. The molecule has 5 nitrogen and oxygen atoms in total. The molecular weight excluding hydrogens is 182 g/mol. The molecule has 1 aliphatic rings. The van der Waals surface area contributed by atoms with Crippen molar-refractivity contribution in [3.8, 4) is 0 Å². The van der Waals surface area contributed by atoms with Crippen LogP contribution in [0.5, 0.6) is 0 Å². The van der Waals surface area contributed by atoms with Crippen molar-refractivity contribution in [1.29, 1.82) is 0 Å². The molecule has 1 saturated heterocycles. The van der Waals surface area contributed by atoms with Crippen molar-refractivity contribution in [2.24, 2.45) is 5.92 Å². The van der Waals surface area contributed by atoms with E-state index < -0.39 is 0 Å². The maximum Gasteiger partial charge on any atom is 0.377 e. The SMILES string of the molecule is CN1CCC(Cc2nc(=O)[nH]o2)CC1. The highest BCUT2D eigenvalue weighted by Crippen LogP contribution is 2.19. The standard InChI is InChI=1S/C9H15N3O2/c1-12-4-2-7(3-5-12)6-8-10-9(13)11-14-8/h7H,2-6H2,1H3,(H,11,13). The van der Waals surface area contributed by atoms with Crippen LogP contribution in [0.15, 0.2) is 9.32 Å². The van der Waals surface area contributed by atoms with Crippen LogP contribution in [0.1, 0.15) is 18.7 Å². The maximum absolute atomic E-state index is 10.7. The predicted octanol–water partition coefficient (Wildman–Crippen LogP) is 0.247. The Kier molecular flexibility index (Phi) is 2.67. The number of rotatable bonds is 2. The van der Waals surface area contributed by atoms with Crippen LogP contribution in [0.4, 0.5) is 0 Å². The molecule has 0 saturated carbocycles. The van der Waals surface area contributed by atoms with Crippen molar-refractivity contribution in [2.45, 2.75) is 19.3 Å². The van der Waals surface area contributed by atoms with E-state index in [1.165, 1.54) is 0 Å². The summed E-state index contributed by atoms with van der Waals surface area (Å²) in [4.78, 5) is 16.8. The van der Waals surface area contributed by atoms with E-state index in [0.717, 1.165) is 32.4 Å². The average Bonchev–Trinajstić information content (AvgIpc) is 2.56. The molecule has 1 aliphatic heterocycles. The Labute approximate surface area is 82.1 Å². The smallest absolute Gasteiger partial charge is 0.362 e. The quantitative estimate of drug-likeness (QED) is 0.738. The Balaban J connectivity index is 1.89. The van der Waals surface area contributed by atoms with E-state index in [2.05, 4.69) is 22.1 Å². The van der Waals surface area contributed by atoms with Crippen LogP contribution < -0.4 is 5.69 Å². The van der Waals surface area contributed by atoms with Crippen molar-refractivity contribution in [3.05, 3.63) is 16.4 Å². The molecule has 1 fully saturated rings. The highest BCUT2D eigenvalue weighted by atomic mass is 16.5. The summed E-state index contributed by atoms with van der Waals surface area (Å²) in [6, 6.07) is 0. The second-order valence-electron chi connectivity index (χ2n) is 3.97. The van der Waals surface area contributed by atoms with E-state index in [1.807, 2.05) is 0 Å². The van der Waals surface area contributed by atoms with Crippen molar-refractivity contribution in [1.82, 2.24) is 15.0 Å². The molecule has 0 spiro atoms. The molecule has 0 unspecified atom stereocenters. The fourth-order valence-electron chi connectivity index (χ4n) is 1.86. The van der Waals surface area contributed by atoms with Gasteiger partial charge in [-0.25, -0.2) is 4.79 Å². The molecule has 2 heterocycles. The van der Waals surface area contributed by atoms with Gasteiger partial charge < -0.3 is 9.42 Å². The lowest BCUT2D eigenvalue weighted by molar-refractivity contribution is 0.208. The normalized spacial score (nSPS) is 20.1. The predicted molar refractivity (Wildman–Crippen MR) is 51.0 cm³/mol. The van der Waals surface area contributed by atoms with E-state index in [9.17, 15) is 4.79 Å². The fourth-order valence-corrected chi connectivity index (χ4v) is 1.86. The average molecular weight is 197 g/mol.